The second-order valence-corrected chi connectivity index (χ2v) is 3.40. The fourth-order valence-electron chi connectivity index (χ4n) is 0.805. The van der Waals surface area contributed by atoms with Crippen LogP contribution in [0.5, 0.6) is 0 Å². The quantitative estimate of drug-likeness (QED) is 0.403. The Kier molecular flexibility index (Phi) is 10.2. The lowest BCUT2D eigenvalue weighted by atomic mass is 9.98. The van der Waals surface area contributed by atoms with Gasteiger partial charge in [0, 0.05) is 12.2 Å². The van der Waals surface area contributed by atoms with E-state index in [9.17, 15) is 4.79 Å². The van der Waals surface area contributed by atoms with E-state index in [1.165, 1.54) is 19.7 Å². The molecule has 0 amide bonds. The maximum absolute atomic E-state index is 9.60. The largest absolute Gasteiger partial charge is 0.478 e. The Morgan fingerprint density at radius 3 is 2.12 bits per heavy atom. The molecule has 90 valence electrons. The number of rotatable bonds is 1. The first-order chi connectivity index (χ1) is 7.64. The van der Waals surface area contributed by atoms with Crippen molar-refractivity contribution in [3.8, 4) is 0 Å². The highest BCUT2D eigenvalue weighted by Gasteiger charge is 1.99. The van der Waals surface area contributed by atoms with Crippen molar-refractivity contribution in [2.75, 3.05) is 13.2 Å². The third kappa shape index (κ3) is 11.3. The number of hydrogen-bond donors (Lipinski definition) is 1. The maximum atomic E-state index is 9.60. The van der Waals surface area contributed by atoms with Gasteiger partial charge in [-0.1, -0.05) is 6.58 Å². The molecule has 0 saturated carbocycles. The van der Waals surface area contributed by atoms with Crippen LogP contribution in [0.3, 0.4) is 0 Å². The fraction of sp³-hybridized carbons (Fsp3) is 0.667. The van der Waals surface area contributed by atoms with E-state index in [1.54, 1.807) is 0 Å². The highest BCUT2D eigenvalue weighted by molar-refractivity contribution is 6.27. The van der Waals surface area contributed by atoms with Gasteiger partial charge in [-0.05, 0) is 26.0 Å². The van der Waals surface area contributed by atoms with Gasteiger partial charge in [-0.25, -0.2) is 4.79 Å². The smallest absolute Gasteiger partial charge is 0.330 e. The Morgan fingerprint density at radius 1 is 1.31 bits per heavy atom. The van der Waals surface area contributed by atoms with Crippen LogP contribution in [0.4, 0.5) is 0 Å². The number of hydrogen-bond acceptors (Lipinski definition) is 4. The number of carboxylic acids is 1. The Morgan fingerprint density at radius 2 is 2.00 bits per heavy atom. The van der Waals surface area contributed by atoms with Crippen LogP contribution >= 0.6 is 0 Å². The first kappa shape index (κ1) is 15.2. The second kappa shape index (κ2) is 10.7. The Labute approximate surface area is 97.2 Å². The van der Waals surface area contributed by atoms with Crippen molar-refractivity contribution in [3.05, 3.63) is 12.2 Å². The summed E-state index contributed by atoms with van der Waals surface area (Å²) in [5.74, 6) is -0.935. The molecule has 2 aliphatic rings. The summed E-state index contributed by atoms with van der Waals surface area (Å²) in [6.45, 7) is 6.38. The van der Waals surface area contributed by atoms with Crippen molar-refractivity contribution in [2.24, 2.45) is 0 Å². The third-order valence-corrected chi connectivity index (χ3v) is 1.73. The molecule has 0 aromatic carbocycles. The minimum Gasteiger partial charge on any atom is -0.478 e. The lowest BCUT2D eigenvalue weighted by Gasteiger charge is -1.79. The first-order valence-corrected chi connectivity index (χ1v) is 5.35. The highest BCUT2D eigenvalue weighted by Crippen LogP contribution is 1.97. The third-order valence-electron chi connectivity index (χ3n) is 1.73. The van der Waals surface area contributed by atoms with Gasteiger partial charge in [-0.2, -0.15) is 0 Å². The molecule has 0 spiro atoms. The zero-order chi connectivity index (χ0) is 12.2. The van der Waals surface area contributed by atoms with E-state index in [4.69, 9.17) is 9.76 Å². The summed E-state index contributed by atoms with van der Waals surface area (Å²) < 4.78 is 4.94. The standard InChI is InChI=1S/C4H6O2.C3H7BO.C2H5BO2/c1-3(2)4(5)6;2*1-2-4-5-3-1/h1H2,2H3,(H,5,6);4H,1-3H2;3H,1-2H2. The normalized spacial score (nSPS) is 16.8. The van der Waals surface area contributed by atoms with Crippen LogP contribution < -0.4 is 0 Å². The van der Waals surface area contributed by atoms with Crippen LogP contribution in [0, 0.1) is 0 Å². The molecule has 7 heteroatoms. The molecular formula is C9H18B2O5. The SMILES string of the molecule is B1CCCO1.B1CCOO1.C=C(C)C(=O)O. The molecule has 0 atom stereocenters. The van der Waals surface area contributed by atoms with E-state index in [1.807, 2.05) is 0 Å². The summed E-state index contributed by atoms with van der Waals surface area (Å²) in [6.07, 6.45) is 3.61. The predicted octanol–water partition coefficient (Wildman–Crippen LogP) is 0.542. The van der Waals surface area contributed by atoms with Crippen molar-refractivity contribution >= 4 is 20.9 Å². The van der Waals surface area contributed by atoms with Gasteiger partial charge < -0.3 is 14.6 Å². The average Bonchev–Trinajstić information content (AvgIpc) is 2.97. The topological polar surface area (TPSA) is 65.0 Å². The zero-order valence-corrected chi connectivity index (χ0v) is 9.74. The molecule has 0 unspecified atom stereocenters. The van der Waals surface area contributed by atoms with Crippen LogP contribution in [0.1, 0.15) is 13.3 Å². The summed E-state index contributed by atoms with van der Waals surface area (Å²) in [5, 5.41) is 7.89. The number of carbonyl (C=O) groups is 1. The number of aliphatic carboxylic acids is 1. The van der Waals surface area contributed by atoms with Gasteiger partial charge in [0.15, 0.2) is 0 Å². The van der Waals surface area contributed by atoms with Gasteiger partial charge in [0.1, 0.15) is 0 Å². The van der Waals surface area contributed by atoms with Crippen LogP contribution in [0.2, 0.25) is 12.6 Å². The predicted molar refractivity (Wildman–Crippen MR) is 64.0 cm³/mol. The van der Waals surface area contributed by atoms with Crippen molar-refractivity contribution < 1.29 is 24.2 Å². The molecule has 5 nitrogen and oxygen atoms in total. The minimum absolute atomic E-state index is 0.176. The molecule has 1 N–H and O–H groups in total. The zero-order valence-electron chi connectivity index (χ0n) is 9.74. The van der Waals surface area contributed by atoms with Crippen molar-refractivity contribution in [1.29, 1.82) is 0 Å². The van der Waals surface area contributed by atoms with Crippen molar-refractivity contribution in [3.63, 3.8) is 0 Å². The molecule has 0 radical (unpaired) electrons. The Bertz CT molecular complexity index is 165. The lowest BCUT2D eigenvalue weighted by Crippen LogP contribution is -1.92. The van der Waals surface area contributed by atoms with Gasteiger partial charge in [0.25, 0.3) is 7.48 Å². The molecule has 2 aliphatic heterocycles. The molecule has 0 aliphatic carbocycles. The second-order valence-electron chi connectivity index (χ2n) is 3.40. The highest BCUT2D eigenvalue weighted by atomic mass is 17.2. The van der Waals surface area contributed by atoms with E-state index in [2.05, 4.69) is 16.3 Å². The minimum atomic E-state index is -0.935. The van der Waals surface area contributed by atoms with E-state index < -0.39 is 5.97 Å². The molecule has 2 heterocycles. The van der Waals surface area contributed by atoms with Crippen LogP contribution in [-0.2, 0) is 19.1 Å². The molecule has 0 aromatic heterocycles. The summed E-state index contributed by atoms with van der Waals surface area (Å²) in [4.78, 5) is 18.5. The van der Waals surface area contributed by atoms with Crippen molar-refractivity contribution in [1.82, 2.24) is 0 Å². The van der Waals surface area contributed by atoms with Crippen LogP contribution in [0.15, 0.2) is 12.2 Å². The van der Waals surface area contributed by atoms with Gasteiger partial charge in [0.05, 0.1) is 6.61 Å². The monoisotopic (exact) mass is 228 g/mol. The molecule has 2 fully saturated rings. The van der Waals surface area contributed by atoms with Crippen molar-refractivity contribution in [2.45, 2.75) is 26.0 Å². The van der Waals surface area contributed by atoms with Gasteiger partial charge in [0.2, 0.25) is 0 Å². The molecule has 0 aromatic rings. The molecular weight excluding hydrogens is 210 g/mol. The van der Waals surface area contributed by atoms with E-state index >= 15 is 0 Å². The van der Waals surface area contributed by atoms with Gasteiger partial charge in [-0.3, -0.25) is 4.89 Å². The summed E-state index contributed by atoms with van der Waals surface area (Å²) in [7, 11) is 1.78. The molecule has 2 rings (SSSR count). The molecule has 2 saturated heterocycles. The number of carboxylic acid groups (broad SMARTS) is 1. The Hall–Kier alpha value is -0.780. The molecule has 0 bridgehead atoms. The van der Waals surface area contributed by atoms with E-state index in [0.717, 1.165) is 34.5 Å². The summed E-state index contributed by atoms with van der Waals surface area (Å²) in [5.41, 5.74) is 0.176. The van der Waals surface area contributed by atoms with E-state index in [0.29, 0.717) is 0 Å². The van der Waals surface area contributed by atoms with Crippen LogP contribution in [-0.4, -0.2) is 39.3 Å². The lowest BCUT2D eigenvalue weighted by molar-refractivity contribution is -0.181. The van der Waals surface area contributed by atoms with E-state index in [-0.39, 0.29) is 5.57 Å². The van der Waals surface area contributed by atoms with Crippen LogP contribution in [0.25, 0.3) is 0 Å². The first-order valence-electron chi connectivity index (χ1n) is 5.35. The average molecular weight is 228 g/mol. The molecule has 16 heavy (non-hydrogen) atoms. The maximum Gasteiger partial charge on any atom is 0.330 e. The summed E-state index contributed by atoms with van der Waals surface area (Å²) in [6, 6.07) is 0. The summed E-state index contributed by atoms with van der Waals surface area (Å²) >= 11 is 0. The van der Waals surface area contributed by atoms with Gasteiger partial charge >= 0.3 is 13.5 Å². The fourth-order valence-corrected chi connectivity index (χ4v) is 0.805. The Balaban J connectivity index is 0.000000211. The van der Waals surface area contributed by atoms with Gasteiger partial charge in [-0.15, -0.1) is 0 Å².